The van der Waals surface area contributed by atoms with E-state index >= 15 is 0 Å². The van der Waals surface area contributed by atoms with Gasteiger partial charge in [0.1, 0.15) is 6.10 Å². The van der Waals surface area contributed by atoms with Crippen LogP contribution in [0.3, 0.4) is 0 Å². The van der Waals surface area contributed by atoms with Crippen molar-refractivity contribution in [2.24, 2.45) is 11.1 Å². The predicted octanol–water partition coefficient (Wildman–Crippen LogP) is 2.98. The fourth-order valence-corrected chi connectivity index (χ4v) is 1.53. The van der Waals surface area contributed by atoms with Crippen molar-refractivity contribution in [2.75, 3.05) is 0 Å². The number of hydrogen-bond acceptors (Lipinski definition) is 2. The quantitative estimate of drug-likeness (QED) is 0.470. The third kappa shape index (κ3) is 3.74. The van der Waals surface area contributed by atoms with Crippen LogP contribution in [0.1, 0.15) is 46.0 Å². The smallest absolute Gasteiger partial charge is 0.121 e. The second kappa shape index (κ2) is 5.18. The molecule has 0 atom stereocenters. The van der Waals surface area contributed by atoms with Gasteiger partial charge < -0.3 is 4.84 Å². The Balaban J connectivity index is 2.15. The van der Waals surface area contributed by atoms with E-state index < -0.39 is 0 Å². The summed E-state index contributed by atoms with van der Waals surface area (Å²) in [4.78, 5) is 5.11. The molecule has 0 aromatic carbocycles. The fraction of sp³-hybridized carbons (Fsp3) is 0.900. The molecule has 0 amide bonds. The minimum absolute atomic E-state index is 0.213. The third-order valence-corrected chi connectivity index (χ3v) is 2.19. The molecule has 0 radical (unpaired) electrons. The van der Waals surface area contributed by atoms with E-state index in [1.54, 1.807) is 0 Å². The Morgan fingerprint density at radius 2 is 1.92 bits per heavy atom. The molecule has 0 bridgehead atoms. The van der Waals surface area contributed by atoms with E-state index in [2.05, 4.69) is 5.16 Å². The number of hydrogen-bond donors (Lipinski definition) is 0. The molecule has 0 aliphatic heterocycles. The van der Waals surface area contributed by atoms with E-state index in [0.717, 1.165) is 0 Å². The average Bonchev–Trinajstić information content (AvgIpc) is 2.05. The van der Waals surface area contributed by atoms with Crippen LogP contribution in [0.25, 0.3) is 0 Å². The van der Waals surface area contributed by atoms with Crippen molar-refractivity contribution in [2.45, 2.75) is 52.1 Å². The van der Waals surface area contributed by atoms with Crippen molar-refractivity contribution in [3.05, 3.63) is 0 Å². The van der Waals surface area contributed by atoms with Crippen LogP contribution in [0, 0.1) is 5.92 Å². The first-order valence-corrected chi connectivity index (χ1v) is 4.98. The summed E-state index contributed by atoms with van der Waals surface area (Å²) in [5, 5.41) is 3.97. The molecule has 1 saturated carbocycles. The highest BCUT2D eigenvalue weighted by Gasteiger charge is 2.10. The van der Waals surface area contributed by atoms with Gasteiger partial charge in [-0.05, 0) is 32.6 Å². The molecule has 12 heavy (non-hydrogen) atoms. The van der Waals surface area contributed by atoms with E-state index in [-0.39, 0.29) is 6.10 Å². The van der Waals surface area contributed by atoms with Crippen molar-refractivity contribution in [3.63, 3.8) is 0 Å². The zero-order chi connectivity index (χ0) is 8.81. The molecule has 70 valence electrons. The summed E-state index contributed by atoms with van der Waals surface area (Å²) < 4.78 is 0. The zero-order valence-corrected chi connectivity index (χ0v) is 8.12. The molecule has 0 heterocycles. The monoisotopic (exact) mass is 169 g/mol. The Bertz CT molecular complexity index is 137. The standard InChI is InChI=1S/C10H19NO/c1-9(2)12-11-8-10-6-4-3-5-7-10/h8-10H,3-7H2,1-2H3. The van der Waals surface area contributed by atoms with Gasteiger partial charge in [-0.25, -0.2) is 0 Å². The lowest BCUT2D eigenvalue weighted by atomic mass is 9.90. The SMILES string of the molecule is CC(C)ON=CC1CCCCC1. The summed E-state index contributed by atoms with van der Waals surface area (Å²) in [7, 11) is 0. The van der Waals surface area contributed by atoms with Crippen LogP contribution < -0.4 is 0 Å². The lowest BCUT2D eigenvalue weighted by Gasteiger charge is -2.16. The van der Waals surface area contributed by atoms with E-state index in [1.807, 2.05) is 20.1 Å². The van der Waals surface area contributed by atoms with Gasteiger partial charge in [-0.3, -0.25) is 0 Å². The minimum Gasteiger partial charge on any atom is -0.393 e. The molecule has 1 rings (SSSR count). The van der Waals surface area contributed by atoms with Gasteiger partial charge >= 0.3 is 0 Å². The van der Waals surface area contributed by atoms with Crippen LogP contribution in [-0.4, -0.2) is 12.3 Å². The van der Waals surface area contributed by atoms with E-state index in [1.165, 1.54) is 32.1 Å². The Morgan fingerprint density at radius 1 is 1.25 bits per heavy atom. The third-order valence-electron chi connectivity index (χ3n) is 2.19. The van der Waals surface area contributed by atoms with Crippen molar-refractivity contribution < 1.29 is 4.84 Å². The highest BCUT2D eigenvalue weighted by molar-refractivity contribution is 5.59. The highest BCUT2D eigenvalue weighted by Crippen LogP contribution is 2.21. The van der Waals surface area contributed by atoms with Gasteiger partial charge in [0.05, 0.1) is 0 Å². The molecule has 0 saturated heterocycles. The maximum absolute atomic E-state index is 5.11. The molecule has 1 aliphatic carbocycles. The fourth-order valence-electron chi connectivity index (χ4n) is 1.53. The van der Waals surface area contributed by atoms with Gasteiger partial charge in [0, 0.05) is 6.21 Å². The first-order valence-electron chi connectivity index (χ1n) is 4.98. The predicted molar refractivity (Wildman–Crippen MR) is 51.3 cm³/mol. The Morgan fingerprint density at radius 3 is 2.50 bits per heavy atom. The van der Waals surface area contributed by atoms with Crippen molar-refractivity contribution in [3.8, 4) is 0 Å². The molecule has 0 aromatic rings. The van der Waals surface area contributed by atoms with Crippen LogP contribution in [-0.2, 0) is 4.84 Å². The molecule has 0 unspecified atom stereocenters. The van der Waals surface area contributed by atoms with Gasteiger partial charge in [0.25, 0.3) is 0 Å². The van der Waals surface area contributed by atoms with Crippen LogP contribution in [0.4, 0.5) is 0 Å². The summed E-state index contributed by atoms with van der Waals surface area (Å²) in [5.74, 6) is 0.678. The second-order valence-electron chi connectivity index (χ2n) is 3.81. The van der Waals surface area contributed by atoms with Crippen LogP contribution in [0.2, 0.25) is 0 Å². The van der Waals surface area contributed by atoms with Crippen molar-refractivity contribution >= 4 is 6.21 Å². The van der Waals surface area contributed by atoms with Gasteiger partial charge in [-0.15, -0.1) is 0 Å². The maximum atomic E-state index is 5.11. The minimum atomic E-state index is 0.213. The van der Waals surface area contributed by atoms with Gasteiger partial charge in [0.2, 0.25) is 0 Å². The number of oxime groups is 1. The molecule has 1 fully saturated rings. The normalized spacial score (nSPS) is 20.6. The van der Waals surface area contributed by atoms with Crippen molar-refractivity contribution in [1.29, 1.82) is 0 Å². The molecule has 0 aromatic heterocycles. The molecule has 0 spiro atoms. The highest BCUT2D eigenvalue weighted by atomic mass is 16.6. The summed E-state index contributed by atoms with van der Waals surface area (Å²) >= 11 is 0. The van der Waals surface area contributed by atoms with Crippen molar-refractivity contribution in [1.82, 2.24) is 0 Å². The lowest BCUT2D eigenvalue weighted by Crippen LogP contribution is -2.08. The molecule has 2 heteroatoms. The Labute approximate surface area is 75.0 Å². The lowest BCUT2D eigenvalue weighted by molar-refractivity contribution is 0.0858. The molecular formula is C10H19NO. The maximum Gasteiger partial charge on any atom is 0.121 e. The summed E-state index contributed by atoms with van der Waals surface area (Å²) in [6.07, 6.45) is 8.91. The van der Waals surface area contributed by atoms with Crippen LogP contribution >= 0.6 is 0 Å². The molecule has 1 aliphatic rings. The van der Waals surface area contributed by atoms with Crippen LogP contribution in [0.5, 0.6) is 0 Å². The molecule has 2 nitrogen and oxygen atoms in total. The second-order valence-corrected chi connectivity index (χ2v) is 3.81. The Hall–Kier alpha value is -0.530. The number of nitrogens with zero attached hydrogens (tertiary/aromatic N) is 1. The van der Waals surface area contributed by atoms with E-state index in [4.69, 9.17) is 4.84 Å². The number of rotatable bonds is 3. The summed E-state index contributed by atoms with van der Waals surface area (Å²) in [6.45, 7) is 4.00. The topological polar surface area (TPSA) is 21.6 Å². The van der Waals surface area contributed by atoms with E-state index in [0.29, 0.717) is 5.92 Å². The Kier molecular flexibility index (Phi) is 4.12. The molecular weight excluding hydrogens is 150 g/mol. The first kappa shape index (κ1) is 9.56. The average molecular weight is 169 g/mol. The summed E-state index contributed by atoms with van der Waals surface area (Å²) in [6, 6.07) is 0. The largest absolute Gasteiger partial charge is 0.393 e. The zero-order valence-electron chi connectivity index (χ0n) is 8.12. The van der Waals surface area contributed by atoms with E-state index in [9.17, 15) is 0 Å². The van der Waals surface area contributed by atoms with Gasteiger partial charge in [0.15, 0.2) is 0 Å². The first-order chi connectivity index (χ1) is 5.79. The summed E-state index contributed by atoms with van der Waals surface area (Å²) in [5.41, 5.74) is 0. The van der Waals surface area contributed by atoms with Crippen LogP contribution in [0.15, 0.2) is 5.16 Å². The van der Waals surface area contributed by atoms with Gasteiger partial charge in [-0.2, -0.15) is 0 Å². The van der Waals surface area contributed by atoms with Gasteiger partial charge in [-0.1, -0.05) is 24.4 Å². The molecule has 0 N–H and O–H groups in total.